The normalized spacial score (nSPS) is 15.9. The van der Waals surface area contributed by atoms with Gasteiger partial charge in [0, 0.05) is 17.1 Å². The molecule has 1 heterocycles. The number of amides is 1. The summed E-state index contributed by atoms with van der Waals surface area (Å²) in [5.41, 5.74) is 1.83. The van der Waals surface area contributed by atoms with E-state index in [0.717, 1.165) is 11.1 Å². The van der Waals surface area contributed by atoms with E-state index in [4.69, 9.17) is 28.6 Å². The van der Waals surface area contributed by atoms with Crippen LogP contribution in [-0.2, 0) is 11.4 Å². The summed E-state index contributed by atoms with van der Waals surface area (Å²) in [5.74, 6) is 0.599. The van der Waals surface area contributed by atoms with Gasteiger partial charge in [-0.05, 0) is 36.8 Å². The lowest BCUT2D eigenvalue weighted by molar-refractivity contribution is -0.121. The first-order valence-electron chi connectivity index (χ1n) is 7.80. The zero-order valence-electron chi connectivity index (χ0n) is 13.6. The summed E-state index contributed by atoms with van der Waals surface area (Å²) < 4.78 is 6.51. The van der Waals surface area contributed by atoms with E-state index in [2.05, 4.69) is 0 Å². The number of carbonyl (C=O) groups is 1. The Bertz CT molecular complexity index is 837. The summed E-state index contributed by atoms with van der Waals surface area (Å²) in [5, 5.41) is 0.587. The van der Waals surface area contributed by atoms with E-state index < -0.39 is 0 Å². The van der Waals surface area contributed by atoms with Crippen molar-refractivity contribution in [3.05, 3.63) is 69.6 Å². The maximum Gasteiger partial charge on any atom is 0.266 e. The average molecular weight is 390 g/mol. The van der Waals surface area contributed by atoms with Gasteiger partial charge in [-0.15, -0.1) is 0 Å². The van der Waals surface area contributed by atoms with Gasteiger partial charge in [-0.3, -0.25) is 9.69 Å². The monoisotopic (exact) mass is 389 g/mol. The summed E-state index contributed by atoms with van der Waals surface area (Å²) in [6.45, 7) is 2.91. The van der Waals surface area contributed by atoms with E-state index >= 15 is 0 Å². The van der Waals surface area contributed by atoms with Crippen molar-refractivity contribution in [2.75, 3.05) is 6.54 Å². The Balaban J connectivity index is 1.86. The molecule has 128 valence electrons. The smallest absolute Gasteiger partial charge is 0.266 e. The molecule has 1 aliphatic heterocycles. The average Bonchev–Trinajstić information content (AvgIpc) is 2.88. The van der Waals surface area contributed by atoms with Crippen LogP contribution in [0.3, 0.4) is 0 Å². The summed E-state index contributed by atoms with van der Waals surface area (Å²) in [7, 11) is 0. The lowest BCUT2D eigenvalue weighted by Crippen LogP contribution is -2.27. The van der Waals surface area contributed by atoms with Crippen molar-refractivity contribution in [1.82, 2.24) is 4.90 Å². The second-order valence-corrected chi connectivity index (χ2v) is 7.49. The molecule has 3 rings (SSSR count). The molecular weight excluding hydrogens is 374 g/mol. The third-order valence-corrected chi connectivity index (χ3v) is 5.30. The van der Waals surface area contributed by atoms with Gasteiger partial charge in [-0.25, -0.2) is 0 Å². The Morgan fingerprint density at radius 3 is 2.68 bits per heavy atom. The molecule has 1 saturated heterocycles. The zero-order valence-corrected chi connectivity index (χ0v) is 16.0. The van der Waals surface area contributed by atoms with Crippen LogP contribution < -0.4 is 4.74 Å². The fourth-order valence-corrected chi connectivity index (χ4v) is 3.97. The summed E-state index contributed by atoms with van der Waals surface area (Å²) in [4.78, 5) is 14.6. The molecule has 0 atom stereocenters. The van der Waals surface area contributed by atoms with Crippen molar-refractivity contribution in [3.63, 3.8) is 0 Å². The lowest BCUT2D eigenvalue weighted by Gasteiger charge is -2.11. The molecule has 2 aromatic rings. The number of thiocarbonyl (C=S) groups is 1. The van der Waals surface area contributed by atoms with Crippen LogP contribution in [0.25, 0.3) is 6.08 Å². The maximum atomic E-state index is 12.4. The molecule has 0 bridgehead atoms. The van der Waals surface area contributed by atoms with Crippen LogP contribution in [0.2, 0.25) is 5.02 Å². The molecule has 0 spiro atoms. The van der Waals surface area contributed by atoms with Gasteiger partial charge in [-0.2, -0.15) is 0 Å². The molecule has 0 aliphatic carbocycles. The van der Waals surface area contributed by atoms with E-state index in [1.807, 2.05) is 43.3 Å². The Hall–Kier alpha value is -1.82. The fourth-order valence-electron chi connectivity index (χ4n) is 2.41. The number of benzene rings is 2. The number of carbonyl (C=O) groups excluding carboxylic acids is 1. The van der Waals surface area contributed by atoms with Crippen LogP contribution in [0.4, 0.5) is 0 Å². The Morgan fingerprint density at radius 1 is 1.24 bits per heavy atom. The van der Waals surface area contributed by atoms with Gasteiger partial charge < -0.3 is 4.74 Å². The van der Waals surface area contributed by atoms with Gasteiger partial charge in [0.2, 0.25) is 0 Å². The van der Waals surface area contributed by atoms with Crippen molar-refractivity contribution in [2.24, 2.45) is 0 Å². The molecule has 6 heteroatoms. The van der Waals surface area contributed by atoms with E-state index in [9.17, 15) is 4.79 Å². The van der Waals surface area contributed by atoms with Gasteiger partial charge in [0.25, 0.3) is 5.91 Å². The predicted molar refractivity (Wildman–Crippen MR) is 108 cm³/mol. The molecule has 25 heavy (non-hydrogen) atoms. The van der Waals surface area contributed by atoms with Crippen molar-refractivity contribution < 1.29 is 9.53 Å². The van der Waals surface area contributed by atoms with E-state index in [0.29, 0.717) is 33.1 Å². The molecule has 0 aromatic heterocycles. The third-order valence-electron chi connectivity index (χ3n) is 3.69. The fraction of sp³-hybridized carbons (Fsp3) is 0.158. The maximum absolute atomic E-state index is 12.4. The molecule has 0 saturated carbocycles. The first-order valence-corrected chi connectivity index (χ1v) is 9.40. The second-order valence-electron chi connectivity index (χ2n) is 5.38. The quantitative estimate of drug-likeness (QED) is 0.523. The largest absolute Gasteiger partial charge is 0.488 e. The predicted octanol–water partition coefficient (Wildman–Crippen LogP) is 5.14. The number of rotatable bonds is 5. The van der Waals surface area contributed by atoms with E-state index in [-0.39, 0.29) is 5.91 Å². The SMILES string of the molecule is CCN1C(=O)/C(=C/c2cc(Cl)ccc2OCc2ccccc2)SC1=S. The molecule has 1 fully saturated rings. The number of halogens is 1. The number of hydrogen-bond acceptors (Lipinski definition) is 4. The van der Waals surface area contributed by atoms with Crippen LogP contribution in [0.1, 0.15) is 18.1 Å². The van der Waals surface area contributed by atoms with E-state index in [1.54, 1.807) is 23.1 Å². The molecule has 3 nitrogen and oxygen atoms in total. The molecule has 0 N–H and O–H groups in total. The minimum Gasteiger partial charge on any atom is -0.488 e. The number of nitrogens with zero attached hydrogens (tertiary/aromatic N) is 1. The van der Waals surface area contributed by atoms with Crippen LogP contribution in [0.15, 0.2) is 53.4 Å². The number of likely N-dealkylation sites (N-methyl/N-ethyl adjacent to an activating group) is 1. The Labute approximate surface area is 161 Å². The molecule has 0 radical (unpaired) electrons. The van der Waals surface area contributed by atoms with Gasteiger partial charge >= 0.3 is 0 Å². The molecule has 1 aliphatic rings. The molecule has 1 amide bonds. The third kappa shape index (κ3) is 4.24. The number of ether oxygens (including phenoxy) is 1. The van der Waals surface area contributed by atoms with Crippen LogP contribution >= 0.6 is 35.6 Å². The van der Waals surface area contributed by atoms with Crippen molar-refractivity contribution in [1.29, 1.82) is 0 Å². The highest BCUT2D eigenvalue weighted by molar-refractivity contribution is 8.26. The summed E-state index contributed by atoms with van der Waals surface area (Å²) >= 11 is 12.7. The van der Waals surface area contributed by atoms with Crippen molar-refractivity contribution >= 4 is 51.9 Å². The highest BCUT2D eigenvalue weighted by atomic mass is 35.5. The Kier molecular flexibility index (Phi) is 5.78. The van der Waals surface area contributed by atoms with Gasteiger partial charge in [0.05, 0.1) is 4.91 Å². The lowest BCUT2D eigenvalue weighted by atomic mass is 10.1. The van der Waals surface area contributed by atoms with Gasteiger partial charge in [0.15, 0.2) is 0 Å². The topological polar surface area (TPSA) is 29.5 Å². The minimum atomic E-state index is -0.0773. The van der Waals surface area contributed by atoms with E-state index in [1.165, 1.54) is 11.8 Å². The van der Waals surface area contributed by atoms with Gasteiger partial charge in [0.1, 0.15) is 16.7 Å². The van der Waals surface area contributed by atoms with Crippen LogP contribution in [0, 0.1) is 0 Å². The number of thioether (sulfide) groups is 1. The van der Waals surface area contributed by atoms with Crippen molar-refractivity contribution in [2.45, 2.75) is 13.5 Å². The van der Waals surface area contributed by atoms with Crippen molar-refractivity contribution in [3.8, 4) is 5.75 Å². The first kappa shape index (κ1) is 18.0. The molecule has 0 unspecified atom stereocenters. The van der Waals surface area contributed by atoms with Crippen LogP contribution in [0.5, 0.6) is 5.75 Å². The number of hydrogen-bond donors (Lipinski definition) is 0. The molecular formula is C19H16ClNO2S2. The van der Waals surface area contributed by atoms with Gasteiger partial charge in [-0.1, -0.05) is 65.9 Å². The summed E-state index contributed by atoms with van der Waals surface area (Å²) in [6, 6.07) is 15.3. The van der Waals surface area contributed by atoms with Crippen LogP contribution in [-0.4, -0.2) is 21.7 Å². The first-order chi connectivity index (χ1) is 12.1. The highest BCUT2D eigenvalue weighted by Crippen LogP contribution is 2.35. The second kappa shape index (κ2) is 8.04. The molecule has 2 aromatic carbocycles. The highest BCUT2D eigenvalue weighted by Gasteiger charge is 2.30. The Morgan fingerprint density at radius 2 is 2.00 bits per heavy atom. The minimum absolute atomic E-state index is 0.0773. The standard InChI is InChI=1S/C19H16ClNO2S2/c1-2-21-18(22)17(25-19(21)24)11-14-10-15(20)8-9-16(14)23-12-13-6-4-3-5-7-13/h3-11H,2,12H2,1H3/b17-11-. The zero-order chi connectivity index (χ0) is 17.8. The summed E-state index contributed by atoms with van der Waals surface area (Å²) in [6.07, 6.45) is 1.79.